The number of methoxy groups -OCH3 is 4. The van der Waals surface area contributed by atoms with Gasteiger partial charge in [-0.2, -0.15) is 0 Å². The molecule has 105 heavy (non-hydrogen) atoms. The standard InChI is InChI=1S/C14H20O3.C12H17NO2.C12H14O3.2C7H14O3.C7H12O3.C5H11NO2.C5H8O2.C4H9O.2CH4O.3CH4.Na/c1-14(15-2)8-9-16-11-13(14)17-10-12-6-4-3-5-7-12;2*13-11-6-7-14-9-12(11)15-8-10-4-2-1-3-5-10;3*1-7(9-2)3-4-10-5-6(7)8;6-4-1-2-8-3-5(4)7;6-5-1-3-7-4-2-5;1-4(2,3)5;2*1-2;;;;/h3-7,13H,8-11H2,1-2H3;1-5,11-12H,6-9,13H2;1-5,12H,6-9H2;2*6,8H,3-5H2,1-2H3;3-5H2,1-2H3;4-5,7H,1-3,6H2;1-4H2;1-3H3;2*2H,1H3;3*1H4;/q;;;;;;;;-1;;;;;;+1/t13-,14?;11-,12-;12-;6-,7?;;;4-,5-;;;;;;;;/m0000..0......../s1. The van der Waals surface area contributed by atoms with Crippen molar-refractivity contribution in [1.29, 1.82) is 0 Å². The summed E-state index contributed by atoms with van der Waals surface area (Å²) in [6, 6.07) is 30.2. The Balaban J connectivity index is -0.000000550. The molecule has 5 unspecified atom stereocenters. The van der Waals surface area contributed by atoms with Crippen LogP contribution in [0.15, 0.2) is 91.0 Å². The fourth-order valence-electron chi connectivity index (χ4n) is 9.62. The van der Waals surface area contributed by atoms with Crippen LogP contribution >= 0.6 is 0 Å². The van der Waals surface area contributed by atoms with Crippen LogP contribution in [-0.4, -0.2) is 268 Å². The SMILES string of the molecule is C.C.C.CC(C)(C)[O-].CO.CO.COC1(C)CCOCC1=O.COC1(C)CCOCC1O.COC1(C)CCOC[C@@H]1O.COC1(C)CCOC[C@@H]1OCc1ccccc1.N[C@H]1CCOC[C@@H]1O.N[C@H]1CCOC[C@@H]1OCc1ccccc1.O=C1CCOCC1.O=C1CCOC[C@@H]1OCc1ccccc1.[Na+]. The Bertz CT molecular complexity index is 2480. The molecule has 8 heterocycles. The predicted molar refractivity (Wildman–Crippen MR) is 400 cm³/mol. The molecule has 0 aliphatic carbocycles. The van der Waals surface area contributed by atoms with Crippen LogP contribution in [0.25, 0.3) is 0 Å². The van der Waals surface area contributed by atoms with Crippen molar-refractivity contribution < 1.29 is 146 Å². The monoisotopic (exact) mass is 1510 g/mol. The summed E-state index contributed by atoms with van der Waals surface area (Å²) in [5.74, 6) is 0.532. The van der Waals surface area contributed by atoms with Crippen molar-refractivity contribution in [2.75, 3.05) is 148 Å². The molecule has 8 saturated heterocycles. The molecular weight excluding hydrogens is 1370 g/mol. The van der Waals surface area contributed by atoms with Crippen molar-refractivity contribution >= 4 is 17.3 Å². The van der Waals surface area contributed by atoms with E-state index in [1.54, 1.807) is 56.1 Å². The summed E-state index contributed by atoms with van der Waals surface area (Å²) >= 11 is 0. The number of carbonyl (C=O) groups excluding carboxylic acids is 3. The van der Waals surface area contributed by atoms with Crippen LogP contribution in [-0.2, 0) is 105 Å². The van der Waals surface area contributed by atoms with Gasteiger partial charge in [0.05, 0.1) is 115 Å². The first-order valence-corrected chi connectivity index (χ1v) is 34.8. The smallest absolute Gasteiger partial charge is 0.850 e. The zero-order valence-corrected chi connectivity index (χ0v) is 65.7. The number of nitrogens with two attached hydrogens (primary N) is 2. The van der Waals surface area contributed by atoms with Gasteiger partial charge in [-0.25, -0.2) is 0 Å². The van der Waals surface area contributed by atoms with E-state index >= 15 is 0 Å². The van der Waals surface area contributed by atoms with Gasteiger partial charge in [0.1, 0.15) is 42.4 Å². The summed E-state index contributed by atoms with van der Waals surface area (Å²) in [5.41, 5.74) is 12.5. The molecule has 3 aromatic carbocycles. The zero-order chi connectivity index (χ0) is 75.6. The molecule has 0 spiro atoms. The number of hydrogen-bond acceptors (Lipinski definition) is 26. The summed E-state index contributed by atoms with van der Waals surface area (Å²) in [7, 11) is 8.54. The molecule has 0 saturated carbocycles. The van der Waals surface area contributed by atoms with E-state index in [0.717, 1.165) is 65.1 Å². The summed E-state index contributed by atoms with van der Waals surface area (Å²) in [4.78, 5) is 32.9. The molecule has 26 nitrogen and oxygen atoms in total. The number of rotatable bonds is 13. The van der Waals surface area contributed by atoms with Crippen LogP contribution in [0.3, 0.4) is 0 Å². The number of aliphatic hydroxyl groups excluding tert-OH is 5. The van der Waals surface area contributed by atoms with Crippen molar-refractivity contribution in [2.24, 2.45) is 11.5 Å². The van der Waals surface area contributed by atoms with Gasteiger partial charge in [-0.3, -0.25) is 14.4 Å². The van der Waals surface area contributed by atoms with Crippen molar-refractivity contribution in [3.63, 3.8) is 0 Å². The van der Waals surface area contributed by atoms with E-state index in [9.17, 15) is 29.7 Å². The molecule has 9 N–H and O–H groups in total. The van der Waals surface area contributed by atoms with Gasteiger partial charge in [-0.15, -0.1) is 5.60 Å². The van der Waals surface area contributed by atoms with Gasteiger partial charge in [0, 0.05) is 133 Å². The molecule has 11 rings (SSSR count). The maximum Gasteiger partial charge on any atom is 1.00 e. The van der Waals surface area contributed by atoms with Gasteiger partial charge in [0.2, 0.25) is 0 Å². The molecule has 8 fully saturated rings. The normalized spacial score (nSPS) is 28.0. The van der Waals surface area contributed by atoms with Gasteiger partial charge in [0.15, 0.2) is 11.6 Å². The summed E-state index contributed by atoms with van der Waals surface area (Å²) in [6.45, 7) is 23.3. The predicted octanol–water partition coefficient (Wildman–Crippen LogP) is 3.74. The van der Waals surface area contributed by atoms with E-state index in [1.807, 2.05) is 80.6 Å². The molecule has 27 heteroatoms. The van der Waals surface area contributed by atoms with Crippen molar-refractivity contribution in [3.05, 3.63) is 108 Å². The van der Waals surface area contributed by atoms with Gasteiger partial charge in [0.25, 0.3) is 0 Å². The average molecular weight is 1510 g/mol. The third-order valence-corrected chi connectivity index (χ3v) is 17.3. The van der Waals surface area contributed by atoms with Crippen LogP contribution in [0.4, 0.5) is 0 Å². The topological polar surface area (TPSA) is 366 Å². The second-order valence-corrected chi connectivity index (χ2v) is 26.3. The number of ether oxygens (including phenoxy) is 15. The third kappa shape index (κ3) is 46.9. The minimum Gasteiger partial charge on any atom is -0.850 e. The minimum absolute atomic E-state index is 0. The molecule has 0 amide bonds. The molecule has 0 radical (unpaired) electrons. The molecule has 3 aromatic rings. The van der Waals surface area contributed by atoms with Crippen LogP contribution in [0.1, 0.15) is 145 Å². The quantitative estimate of drug-likeness (QED) is 0.120. The molecule has 8 aliphatic heterocycles. The molecule has 0 aromatic heterocycles. The van der Waals surface area contributed by atoms with Crippen LogP contribution in [0, 0.1) is 0 Å². The fourth-order valence-corrected chi connectivity index (χ4v) is 9.62. The Morgan fingerprint density at radius 3 is 1.20 bits per heavy atom. The Hall–Kier alpha value is -3.25. The number of aliphatic hydroxyl groups is 5. The Labute approximate surface area is 652 Å². The molecule has 8 aliphatic rings. The summed E-state index contributed by atoms with van der Waals surface area (Å²) < 4.78 is 79.0. The van der Waals surface area contributed by atoms with Gasteiger partial charge in [-0.05, 0) is 57.2 Å². The minimum atomic E-state index is -0.750. The largest absolute Gasteiger partial charge is 1.00 e. The number of carbonyl (C=O) groups is 3. The molecule has 12 atom stereocenters. The number of ketones is 3. The molecule has 0 bridgehead atoms. The van der Waals surface area contributed by atoms with Crippen LogP contribution in [0.2, 0.25) is 0 Å². The van der Waals surface area contributed by atoms with Crippen molar-refractivity contribution in [3.8, 4) is 0 Å². The average Bonchev–Trinajstić information content (AvgIpc) is 0.822. The van der Waals surface area contributed by atoms with Crippen LogP contribution < -0.4 is 46.1 Å². The molecular formula is C78H139N2NaO24. The second-order valence-electron chi connectivity index (χ2n) is 26.3. The number of benzene rings is 3. The van der Waals surface area contributed by atoms with Gasteiger partial charge >= 0.3 is 29.6 Å². The Morgan fingerprint density at radius 2 is 0.848 bits per heavy atom. The van der Waals surface area contributed by atoms with E-state index in [0.29, 0.717) is 137 Å². The Kier molecular flexibility index (Phi) is 64.2. The maximum absolute atomic E-state index is 11.4. The van der Waals surface area contributed by atoms with E-state index in [4.69, 9.17) is 97.8 Å². The number of Topliss-reactive ketones (excluding diaryl/α,β-unsaturated/α-hetero) is 3. The number of hydrogen-bond donors (Lipinski definition) is 7. The Morgan fingerprint density at radius 1 is 0.467 bits per heavy atom. The second kappa shape index (κ2) is 62.4. The first-order chi connectivity index (χ1) is 48.2. The summed E-state index contributed by atoms with van der Waals surface area (Å²) in [6.07, 6.45) is 4.74. The first kappa shape index (κ1) is 108. The van der Waals surface area contributed by atoms with Gasteiger partial charge < -0.3 is 113 Å². The zero-order valence-electron chi connectivity index (χ0n) is 63.7. The van der Waals surface area contributed by atoms with Crippen molar-refractivity contribution in [2.45, 2.75) is 225 Å². The van der Waals surface area contributed by atoms with Gasteiger partial charge in [-0.1, -0.05) is 134 Å². The van der Waals surface area contributed by atoms with E-state index < -0.39 is 40.7 Å². The van der Waals surface area contributed by atoms with E-state index in [1.165, 1.54) is 11.1 Å². The van der Waals surface area contributed by atoms with Crippen LogP contribution in [0.5, 0.6) is 0 Å². The summed E-state index contributed by atoms with van der Waals surface area (Å²) in [5, 5.41) is 51.8. The van der Waals surface area contributed by atoms with Crippen molar-refractivity contribution in [1.82, 2.24) is 0 Å². The third-order valence-electron chi connectivity index (χ3n) is 17.3. The van der Waals surface area contributed by atoms with E-state index in [-0.39, 0.29) is 106 Å². The fraction of sp³-hybridized carbons (Fsp3) is 0.731. The first-order valence-electron chi connectivity index (χ1n) is 34.8. The maximum atomic E-state index is 11.4. The van der Waals surface area contributed by atoms with E-state index in [2.05, 4.69) is 31.2 Å². The molecule has 606 valence electrons.